The summed E-state index contributed by atoms with van der Waals surface area (Å²) in [5, 5.41) is 10.5. The quantitative estimate of drug-likeness (QED) is 0.375. The average molecular weight is 450 g/mol. The van der Waals surface area contributed by atoms with E-state index in [0.717, 1.165) is 5.56 Å². The zero-order valence-corrected chi connectivity index (χ0v) is 17.2. The van der Waals surface area contributed by atoms with Crippen molar-refractivity contribution >= 4 is 58.2 Å². The van der Waals surface area contributed by atoms with E-state index in [4.69, 9.17) is 55.6 Å². The Kier molecular flexibility index (Phi) is 6.59. The van der Waals surface area contributed by atoms with Crippen LogP contribution in [0.2, 0.25) is 20.1 Å². The molecule has 26 heavy (non-hydrogen) atoms. The van der Waals surface area contributed by atoms with Crippen LogP contribution in [0.3, 0.4) is 0 Å². The van der Waals surface area contributed by atoms with Crippen molar-refractivity contribution in [3.63, 3.8) is 0 Å². The lowest BCUT2D eigenvalue weighted by molar-refractivity contribution is 0.182. The number of aromatic nitrogens is 2. The van der Waals surface area contributed by atoms with Gasteiger partial charge in [-0.3, -0.25) is 0 Å². The zero-order valence-electron chi connectivity index (χ0n) is 13.4. The second-order valence-corrected chi connectivity index (χ2v) is 7.86. The molecule has 0 aliphatic carbocycles. The van der Waals surface area contributed by atoms with Gasteiger partial charge in [0.05, 0.1) is 15.1 Å². The first-order chi connectivity index (χ1) is 12.4. The molecule has 1 aromatic heterocycles. The summed E-state index contributed by atoms with van der Waals surface area (Å²) < 4.78 is 11.4. The van der Waals surface area contributed by atoms with Crippen LogP contribution in [0.25, 0.3) is 0 Å². The predicted octanol–water partition coefficient (Wildman–Crippen LogP) is 7.12. The van der Waals surface area contributed by atoms with Crippen LogP contribution >= 0.6 is 58.2 Å². The Morgan fingerprint density at radius 3 is 2.54 bits per heavy atom. The van der Waals surface area contributed by atoms with Crippen molar-refractivity contribution in [2.75, 3.05) is 0 Å². The summed E-state index contributed by atoms with van der Waals surface area (Å²) in [4.78, 5) is 0. The van der Waals surface area contributed by atoms with E-state index in [1.807, 2.05) is 12.1 Å². The number of thioether (sulfide) groups is 1. The van der Waals surface area contributed by atoms with Crippen molar-refractivity contribution in [2.24, 2.45) is 0 Å². The first-order valence-corrected chi connectivity index (χ1v) is 9.94. The van der Waals surface area contributed by atoms with Gasteiger partial charge >= 0.3 is 0 Å². The molecule has 0 aliphatic heterocycles. The van der Waals surface area contributed by atoms with E-state index in [2.05, 4.69) is 10.2 Å². The highest BCUT2D eigenvalue weighted by molar-refractivity contribution is 7.98. The summed E-state index contributed by atoms with van der Waals surface area (Å²) >= 11 is 25.3. The smallest absolute Gasteiger partial charge is 0.277 e. The molecule has 136 valence electrons. The van der Waals surface area contributed by atoms with Crippen molar-refractivity contribution in [1.29, 1.82) is 0 Å². The van der Waals surface area contributed by atoms with E-state index < -0.39 is 6.10 Å². The maximum absolute atomic E-state index is 6.11. The van der Waals surface area contributed by atoms with E-state index in [1.54, 1.807) is 31.2 Å². The van der Waals surface area contributed by atoms with Gasteiger partial charge in [-0.2, -0.15) is 0 Å². The Morgan fingerprint density at radius 2 is 1.81 bits per heavy atom. The van der Waals surface area contributed by atoms with E-state index >= 15 is 0 Å². The van der Waals surface area contributed by atoms with Gasteiger partial charge in [-0.25, -0.2) is 0 Å². The monoisotopic (exact) mass is 448 g/mol. The number of hydrogen-bond acceptors (Lipinski definition) is 5. The van der Waals surface area contributed by atoms with E-state index in [0.29, 0.717) is 42.7 Å². The van der Waals surface area contributed by atoms with Gasteiger partial charge in [-0.05, 0) is 42.8 Å². The minimum atomic E-state index is -0.458. The summed E-state index contributed by atoms with van der Waals surface area (Å²) in [5.41, 5.74) is 1.00. The molecule has 0 bridgehead atoms. The maximum atomic E-state index is 6.11. The molecule has 9 heteroatoms. The van der Waals surface area contributed by atoms with Gasteiger partial charge in [-0.15, -0.1) is 10.2 Å². The van der Waals surface area contributed by atoms with Crippen LogP contribution in [0, 0.1) is 0 Å². The Hall–Kier alpha value is -1.11. The molecule has 0 unspecified atom stereocenters. The van der Waals surface area contributed by atoms with E-state index in [1.165, 1.54) is 11.8 Å². The normalized spacial score (nSPS) is 12.2. The fraction of sp³-hybridized carbons (Fsp3) is 0.176. The standard InChI is InChI=1S/C17H12Cl4N2O2S/c1-9(24-15-5-3-11(18)7-14(15)21)16-22-23-17(25-16)26-8-10-2-4-12(19)13(20)6-10/h2-7,9H,8H2,1H3/t9-/m1/s1. The van der Waals surface area contributed by atoms with Gasteiger partial charge in [0, 0.05) is 10.8 Å². The summed E-state index contributed by atoms with van der Waals surface area (Å²) in [6, 6.07) is 10.5. The predicted molar refractivity (Wildman–Crippen MR) is 106 cm³/mol. The molecule has 2 aromatic carbocycles. The summed E-state index contributed by atoms with van der Waals surface area (Å²) in [7, 11) is 0. The molecule has 0 radical (unpaired) electrons. The molecule has 1 atom stereocenters. The minimum absolute atomic E-state index is 0.354. The molecule has 0 amide bonds. The van der Waals surface area contributed by atoms with Gasteiger partial charge < -0.3 is 9.15 Å². The molecular formula is C17H12Cl4N2O2S. The fourth-order valence-electron chi connectivity index (χ4n) is 2.03. The Morgan fingerprint density at radius 1 is 1.00 bits per heavy atom. The topological polar surface area (TPSA) is 48.2 Å². The largest absolute Gasteiger partial charge is 0.479 e. The third-order valence-corrected chi connectivity index (χ3v) is 5.47. The fourth-order valence-corrected chi connectivity index (χ4v) is 3.52. The average Bonchev–Trinajstić information content (AvgIpc) is 3.07. The van der Waals surface area contributed by atoms with Crippen LogP contribution in [0.5, 0.6) is 5.75 Å². The summed E-state index contributed by atoms with van der Waals surface area (Å²) in [5.74, 6) is 1.47. The van der Waals surface area contributed by atoms with Crippen molar-refractivity contribution < 1.29 is 9.15 Å². The lowest BCUT2D eigenvalue weighted by atomic mass is 10.2. The van der Waals surface area contributed by atoms with Gasteiger partial charge in [0.15, 0.2) is 6.10 Å². The zero-order chi connectivity index (χ0) is 18.7. The number of rotatable bonds is 6. The molecule has 4 nitrogen and oxygen atoms in total. The maximum Gasteiger partial charge on any atom is 0.277 e. The third kappa shape index (κ3) is 4.99. The second kappa shape index (κ2) is 8.72. The van der Waals surface area contributed by atoms with Crippen molar-refractivity contribution in [3.05, 3.63) is 67.9 Å². The molecule has 0 aliphatic rings. The van der Waals surface area contributed by atoms with E-state index in [-0.39, 0.29) is 0 Å². The number of benzene rings is 2. The van der Waals surface area contributed by atoms with Gasteiger partial charge in [0.2, 0.25) is 0 Å². The molecule has 0 N–H and O–H groups in total. The first kappa shape index (κ1) is 19.6. The van der Waals surface area contributed by atoms with Crippen molar-refractivity contribution in [2.45, 2.75) is 24.0 Å². The molecule has 0 spiro atoms. The van der Waals surface area contributed by atoms with Gasteiger partial charge in [0.25, 0.3) is 11.1 Å². The van der Waals surface area contributed by atoms with Crippen LogP contribution in [-0.2, 0) is 5.75 Å². The summed E-state index contributed by atoms with van der Waals surface area (Å²) in [6.07, 6.45) is -0.458. The Balaban J connectivity index is 1.62. The van der Waals surface area contributed by atoms with Crippen molar-refractivity contribution in [3.8, 4) is 5.75 Å². The second-order valence-electron chi connectivity index (χ2n) is 5.28. The highest BCUT2D eigenvalue weighted by Gasteiger charge is 2.17. The molecule has 0 saturated carbocycles. The number of ether oxygens (including phenoxy) is 1. The number of nitrogens with zero attached hydrogens (tertiary/aromatic N) is 2. The molecule has 0 saturated heterocycles. The SMILES string of the molecule is C[C@@H](Oc1ccc(Cl)cc1Cl)c1nnc(SCc2ccc(Cl)c(Cl)c2)o1. The van der Waals surface area contributed by atoms with Crippen LogP contribution < -0.4 is 4.74 Å². The van der Waals surface area contributed by atoms with E-state index in [9.17, 15) is 0 Å². The van der Waals surface area contributed by atoms with Gasteiger partial charge in [0.1, 0.15) is 5.75 Å². The lowest BCUT2D eigenvalue weighted by Gasteiger charge is -2.12. The van der Waals surface area contributed by atoms with Crippen LogP contribution in [0.4, 0.5) is 0 Å². The van der Waals surface area contributed by atoms with Crippen LogP contribution in [0.15, 0.2) is 46.0 Å². The number of hydrogen-bond donors (Lipinski definition) is 0. The molecule has 0 fully saturated rings. The van der Waals surface area contributed by atoms with Crippen molar-refractivity contribution in [1.82, 2.24) is 10.2 Å². The summed E-state index contributed by atoms with van der Waals surface area (Å²) in [6.45, 7) is 1.80. The Labute approximate surface area is 174 Å². The first-order valence-electron chi connectivity index (χ1n) is 7.44. The highest BCUT2D eigenvalue weighted by atomic mass is 35.5. The van der Waals surface area contributed by atoms with Gasteiger partial charge in [-0.1, -0.05) is 64.2 Å². The van der Waals surface area contributed by atoms with Crippen LogP contribution in [-0.4, -0.2) is 10.2 Å². The molecule has 3 rings (SSSR count). The minimum Gasteiger partial charge on any atom is -0.479 e. The third-order valence-electron chi connectivity index (χ3n) is 3.31. The van der Waals surface area contributed by atoms with Crippen LogP contribution in [0.1, 0.15) is 24.5 Å². The Bertz CT molecular complexity index is 920. The lowest BCUT2D eigenvalue weighted by Crippen LogP contribution is -2.03. The molecule has 1 heterocycles. The molecular weight excluding hydrogens is 438 g/mol. The molecule has 3 aromatic rings. The number of halogens is 4. The highest BCUT2D eigenvalue weighted by Crippen LogP contribution is 2.32.